The van der Waals surface area contributed by atoms with Crippen molar-refractivity contribution < 1.29 is 29.2 Å². The number of hydrogen-bond donors (Lipinski definition) is 3. The van der Waals surface area contributed by atoms with E-state index in [0.29, 0.717) is 23.3 Å². The molecule has 0 aliphatic heterocycles. The molecule has 0 bridgehead atoms. The van der Waals surface area contributed by atoms with Crippen LogP contribution in [-0.4, -0.2) is 29.5 Å². The van der Waals surface area contributed by atoms with Crippen molar-refractivity contribution in [2.24, 2.45) is 11.3 Å². The summed E-state index contributed by atoms with van der Waals surface area (Å²) in [5.41, 5.74) is 1.55. The number of allylic oxidation sites excluding steroid dienone is 1. The molecule has 1 saturated carbocycles. The zero-order valence-electron chi connectivity index (χ0n) is 19.9. The van der Waals surface area contributed by atoms with Gasteiger partial charge in [0.2, 0.25) is 11.2 Å². The Morgan fingerprint density at radius 1 is 1.12 bits per heavy atom. The summed E-state index contributed by atoms with van der Waals surface area (Å²) >= 11 is 0. The summed E-state index contributed by atoms with van der Waals surface area (Å²) in [6, 6.07) is 5.63. The minimum atomic E-state index is -0.547. The van der Waals surface area contributed by atoms with E-state index in [-0.39, 0.29) is 51.1 Å². The Labute approximate surface area is 197 Å². The molecular formula is C27H30O7. The van der Waals surface area contributed by atoms with E-state index in [2.05, 4.69) is 20.4 Å². The first-order chi connectivity index (χ1) is 16.1. The lowest BCUT2D eigenvalue weighted by molar-refractivity contribution is 0.187. The van der Waals surface area contributed by atoms with E-state index in [0.717, 1.165) is 24.8 Å². The third kappa shape index (κ3) is 3.85. The van der Waals surface area contributed by atoms with Crippen LogP contribution in [0.3, 0.4) is 0 Å². The highest BCUT2D eigenvalue weighted by Gasteiger charge is 2.36. The average molecular weight is 467 g/mol. The number of methoxy groups -OCH3 is 2. The molecule has 34 heavy (non-hydrogen) atoms. The first kappa shape index (κ1) is 23.5. The molecule has 0 unspecified atom stereocenters. The zero-order valence-corrected chi connectivity index (χ0v) is 19.9. The molecule has 4 rings (SSSR count). The van der Waals surface area contributed by atoms with E-state index in [9.17, 15) is 20.1 Å². The molecule has 1 atom stereocenters. The van der Waals surface area contributed by atoms with Crippen molar-refractivity contribution in [3.63, 3.8) is 0 Å². The Hall–Kier alpha value is -3.61. The number of ether oxygens (including phenoxy) is 2. The maximum Gasteiger partial charge on any atom is 0.239 e. The molecule has 2 aromatic carbocycles. The highest BCUT2D eigenvalue weighted by Crippen LogP contribution is 2.48. The van der Waals surface area contributed by atoms with Crippen LogP contribution in [0, 0.1) is 11.3 Å². The van der Waals surface area contributed by atoms with Crippen LogP contribution in [0.2, 0.25) is 0 Å². The maximum absolute atomic E-state index is 13.4. The second-order valence-electron chi connectivity index (χ2n) is 9.53. The summed E-state index contributed by atoms with van der Waals surface area (Å²) in [4.78, 5) is 13.4. The number of rotatable bonds is 5. The number of fused-ring (bicyclic) bond motifs is 1. The summed E-state index contributed by atoms with van der Waals surface area (Å²) in [6.45, 7) is 8.67. The van der Waals surface area contributed by atoms with Crippen molar-refractivity contribution in [1.82, 2.24) is 0 Å². The number of phenolic OH excluding ortho intramolecular Hbond substituents is 3. The normalized spacial score (nSPS) is 17.6. The summed E-state index contributed by atoms with van der Waals surface area (Å²) in [5, 5.41) is 30.8. The quantitative estimate of drug-likeness (QED) is 0.335. The third-order valence-electron chi connectivity index (χ3n) is 7.01. The van der Waals surface area contributed by atoms with E-state index < -0.39 is 5.43 Å². The van der Waals surface area contributed by atoms with Crippen molar-refractivity contribution >= 4 is 11.0 Å². The van der Waals surface area contributed by atoms with Crippen molar-refractivity contribution in [3.8, 4) is 40.1 Å². The molecule has 3 aromatic rings. The van der Waals surface area contributed by atoms with Gasteiger partial charge in [0, 0.05) is 17.2 Å². The number of hydrogen-bond acceptors (Lipinski definition) is 7. The van der Waals surface area contributed by atoms with Crippen molar-refractivity contribution in [2.75, 3.05) is 14.2 Å². The van der Waals surface area contributed by atoms with Gasteiger partial charge in [0.15, 0.2) is 17.3 Å². The van der Waals surface area contributed by atoms with E-state index >= 15 is 0 Å². The average Bonchev–Trinajstić information content (AvgIpc) is 2.78. The van der Waals surface area contributed by atoms with Gasteiger partial charge in [-0.3, -0.25) is 4.79 Å². The van der Waals surface area contributed by atoms with Crippen LogP contribution in [0.4, 0.5) is 0 Å². The van der Waals surface area contributed by atoms with E-state index in [4.69, 9.17) is 13.9 Å². The first-order valence-electron chi connectivity index (χ1n) is 11.2. The molecule has 0 saturated heterocycles. The molecule has 1 aromatic heterocycles. The molecule has 1 aliphatic rings. The van der Waals surface area contributed by atoms with Crippen LogP contribution in [0.15, 0.2) is 45.6 Å². The van der Waals surface area contributed by atoms with Gasteiger partial charge >= 0.3 is 0 Å². The van der Waals surface area contributed by atoms with Crippen molar-refractivity contribution in [2.45, 2.75) is 39.5 Å². The predicted octanol–water partition coefficient (Wildman–Crippen LogP) is 5.52. The van der Waals surface area contributed by atoms with Gasteiger partial charge in [-0.1, -0.05) is 26.0 Å². The van der Waals surface area contributed by atoms with Crippen LogP contribution >= 0.6 is 0 Å². The van der Waals surface area contributed by atoms with Gasteiger partial charge in [-0.15, -0.1) is 0 Å². The summed E-state index contributed by atoms with van der Waals surface area (Å²) in [7, 11) is 2.84. The second-order valence-corrected chi connectivity index (χ2v) is 9.53. The lowest BCUT2D eigenvalue weighted by atomic mass is 9.64. The Balaban J connectivity index is 1.93. The monoisotopic (exact) mass is 466 g/mol. The molecule has 0 spiro atoms. The minimum absolute atomic E-state index is 0.00127. The Morgan fingerprint density at radius 2 is 1.85 bits per heavy atom. The van der Waals surface area contributed by atoms with Crippen molar-refractivity contribution in [1.29, 1.82) is 0 Å². The number of aromatic hydroxyl groups is 3. The highest BCUT2D eigenvalue weighted by atomic mass is 16.5. The van der Waals surface area contributed by atoms with Crippen molar-refractivity contribution in [3.05, 3.63) is 52.2 Å². The topological polar surface area (TPSA) is 109 Å². The Bertz CT molecular complexity index is 1330. The fourth-order valence-electron chi connectivity index (χ4n) is 5.05. The summed E-state index contributed by atoms with van der Waals surface area (Å²) in [5.74, 6) is -0.400. The molecule has 1 heterocycles. The molecule has 0 radical (unpaired) electrons. The molecule has 180 valence electrons. The first-order valence-corrected chi connectivity index (χ1v) is 11.2. The maximum atomic E-state index is 13.4. The van der Waals surface area contributed by atoms with E-state index in [1.165, 1.54) is 32.4 Å². The second kappa shape index (κ2) is 8.63. The van der Waals surface area contributed by atoms with Crippen LogP contribution in [0.25, 0.3) is 22.3 Å². The fourth-order valence-corrected chi connectivity index (χ4v) is 5.05. The van der Waals surface area contributed by atoms with Gasteiger partial charge in [-0.25, -0.2) is 0 Å². The lowest BCUT2D eigenvalue weighted by Gasteiger charge is -2.40. The largest absolute Gasteiger partial charge is 0.507 e. The SMILES string of the molecule is C=C1CCCC(C)(C)[C@H]1Cc1c(OC)cc2oc(-c3ccc(O)c(O)c3)c(OC)c(=O)c2c1O. The van der Waals surface area contributed by atoms with Crippen LogP contribution in [0.1, 0.15) is 38.7 Å². The van der Waals surface area contributed by atoms with E-state index in [1.54, 1.807) is 6.07 Å². The summed E-state index contributed by atoms with van der Waals surface area (Å²) < 4.78 is 17.0. The van der Waals surface area contributed by atoms with Gasteiger partial charge in [-0.2, -0.15) is 0 Å². The van der Waals surface area contributed by atoms with Gasteiger partial charge in [-0.05, 0) is 55.2 Å². The van der Waals surface area contributed by atoms with Gasteiger partial charge in [0.1, 0.15) is 22.5 Å². The van der Waals surface area contributed by atoms with Crippen LogP contribution < -0.4 is 14.9 Å². The molecule has 1 aliphatic carbocycles. The minimum Gasteiger partial charge on any atom is -0.507 e. The molecule has 0 amide bonds. The number of phenols is 3. The van der Waals surface area contributed by atoms with E-state index in [1.807, 2.05) is 0 Å². The zero-order chi connectivity index (χ0) is 24.8. The van der Waals surface area contributed by atoms with Gasteiger partial charge in [0.05, 0.1) is 14.2 Å². The lowest BCUT2D eigenvalue weighted by Crippen LogP contribution is -2.31. The predicted molar refractivity (Wildman–Crippen MR) is 130 cm³/mol. The molecule has 7 nitrogen and oxygen atoms in total. The molecule has 3 N–H and O–H groups in total. The molecule has 7 heteroatoms. The smallest absolute Gasteiger partial charge is 0.239 e. The van der Waals surface area contributed by atoms with Gasteiger partial charge < -0.3 is 29.2 Å². The highest BCUT2D eigenvalue weighted by molar-refractivity contribution is 5.90. The Kier molecular flexibility index (Phi) is 5.98. The van der Waals surface area contributed by atoms with Crippen LogP contribution in [-0.2, 0) is 6.42 Å². The summed E-state index contributed by atoms with van der Waals surface area (Å²) in [6.07, 6.45) is 3.54. The third-order valence-corrected chi connectivity index (χ3v) is 7.01. The molecular weight excluding hydrogens is 436 g/mol. The molecule has 1 fully saturated rings. The van der Waals surface area contributed by atoms with Gasteiger partial charge in [0.25, 0.3) is 0 Å². The fraction of sp³-hybridized carbons (Fsp3) is 0.370. The Morgan fingerprint density at radius 3 is 2.47 bits per heavy atom. The standard InChI is InChI=1S/C27H30O7/c1-14-7-6-10-27(2,3)17(14)12-16-20(32-4)13-21-22(23(16)30)24(31)26(33-5)25(34-21)15-8-9-18(28)19(29)11-15/h8-9,11,13,17,28-30H,1,6-7,10,12H2,2-5H3/t17-/m0/s1. The van der Waals surface area contributed by atoms with Crippen LogP contribution in [0.5, 0.6) is 28.7 Å². The number of benzene rings is 2.